The molecular weight excluding hydrogens is 284 g/mol. The topological polar surface area (TPSA) is 68.5 Å². The number of pyridine rings is 1. The zero-order valence-electron chi connectivity index (χ0n) is 10.9. The summed E-state index contributed by atoms with van der Waals surface area (Å²) < 4.78 is 33.1. The second-order valence-corrected chi connectivity index (χ2v) is 4.80. The number of benzene rings is 1. The van der Waals surface area contributed by atoms with Crippen molar-refractivity contribution in [2.24, 2.45) is 0 Å². The van der Waals surface area contributed by atoms with E-state index in [-0.39, 0.29) is 28.8 Å². The Labute approximate surface area is 117 Å². The molecule has 0 bridgehead atoms. The summed E-state index contributed by atoms with van der Waals surface area (Å²) in [5, 5.41) is 9.16. The zero-order valence-corrected chi connectivity index (χ0v) is 10.9. The molecule has 2 aromatic rings. The summed E-state index contributed by atoms with van der Waals surface area (Å²) >= 11 is 0. The molecule has 0 aliphatic heterocycles. The highest BCUT2D eigenvalue weighted by atomic mass is 19.1. The summed E-state index contributed by atoms with van der Waals surface area (Å²) in [5.41, 5.74) is -0.967. The number of ether oxygens (including phenoxy) is 1. The van der Waals surface area contributed by atoms with E-state index in [1.807, 2.05) is 0 Å². The molecule has 1 aliphatic rings. The first-order valence-corrected chi connectivity index (χ1v) is 6.16. The van der Waals surface area contributed by atoms with Crippen LogP contribution in [0.15, 0.2) is 16.9 Å². The molecule has 1 heterocycles. The maximum atomic E-state index is 13.5. The second kappa shape index (κ2) is 4.54. The molecule has 1 fully saturated rings. The summed E-state index contributed by atoms with van der Waals surface area (Å²) in [4.78, 5) is 23.3. The molecule has 7 heteroatoms. The van der Waals surface area contributed by atoms with Crippen molar-refractivity contribution in [1.29, 1.82) is 0 Å². The first kappa shape index (κ1) is 13.5. The Morgan fingerprint density at radius 1 is 1.52 bits per heavy atom. The number of aromatic carboxylic acids is 1. The minimum atomic E-state index is -1.36. The molecule has 5 nitrogen and oxygen atoms in total. The smallest absolute Gasteiger partial charge is 0.352 e. The van der Waals surface area contributed by atoms with E-state index >= 15 is 0 Å². The average molecular weight is 294 g/mol. The number of halogens is 2. The molecule has 1 saturated carbocycles. The van der Waals surface area contributed by atoms with E-state index in [1.54, 1.807) is 0 Å². The third-order valence-corrected chi connectivity index (χ3v) is 3.44. The lowest BCUT2D eigenvalue weighted by Crippen LogP contribution is -2.19. The van der Waals surface area contributed by atoms with E-state index in [2.05, 4.69) is 6.07 Å². The van der Waals surface area contributed by atoms with Gasteiger partial charge in [-0.1, -0.05) is 0 Å². The van der Waals surface area contributed by atoms with Crippen LogP contribution in [0.3, 0.4) is 0 Å². The predicted octanol–water partition coefficient (Wildman–Crippen LogP) is 1.93. The van der Waals surface area contributed by atoms with E-state index in [0.717, 1.165) is 12.1 Å². The van der Waals surface area contributed by atoms with Crippen LogP contribution in [0.1, 0.15) is 23.0 Å². The number of aromatic nitrogens is 1. The first-order chi connectivity index (χ1) is 9.93. The van der Waals surface area contributed by atoms with Crippen molar-refractivity contribution in [3.63, 3.8) is 0 Å². The molecular formula is C14H10F2NO4. The molecule has 0 spiro atoms. The number of hydrogen-bond donors (Lipinski definition) is 1. The number of carbonyl (C=O) groups is 1. The maximum absolute atomic E-state index is 13.5. The summed E-state index contributed by atoms with van der Waals surface area (Å²) in [5.74, 6) is -2.29. The fourth-order valence-corrected chi connectivity index (χ4v) is 2.42. The van der Waals surface area contributed by atoms with Gasteiger partial charge in [0.25, 0.3) is 0 Å². The van der Waals surface area contributed by atoms with Gasteiger partial charge in [-0.15, -0.1) is 0 Å². The second-order valence-electron chi connectivity index (χ2n) is 4.80. The zero-order chi connectivity index (χ0) is 15.3. The van der Waals surface area contributed by atoms with Gasteiger partial charge in [0.2, 0.25) is 0 Å². The highest BCUT2D eigenvalue weighted by Gasteiger charge is 2.42. The largest absolute Gasteiger partial charge is 0.494 e. The van der Waals surface area contributed by atoms with Gasteiger partial charge in [-0.2, -0.15) is 0 Å². The molecule has 1 aromatic heterocycles. The Balaban J connectivity index is 2.48. The third kappa shape index (κ3) is 2.05. The number of nitrogens with zero attached hydrogens (tertiary/aromatic N) is 1. The lowest BCUT2D eigenvalue weighted by atomic mass is 10.1. The van der Waals surface area contributed by atoms with Crippen LogP contribution in [-0.4, -0.2) is 28.9 Å². The molecule has 109 valence electrons. The summed E-state index contributed by atoms with van der Waals surface area (Å²) in [6.07, 6.45) is -1.07. The lowest BCUT2D eigenvalue weighted by molar-refractivity contribution is 0.0684. The number of carboxylic acids is 1. The van der Waals surface area contributed by atoms with Crippen LogP contribution in [0.5, 0.6) is 5.75 Å². The number of carboxylic acid groups (broad SMARTS) is 1. The maximum Gasteiger partial charge on any atom is 0.352 e. The Kier molecular flexibility index (Phi) is 2.93. The number of hydrogen-bond acceptors (Lipinski definition) is 3. The quantitative estimate of drug-likeness (QED) is 0.939. The number of fused-ring (bicyclic) bond motifs is 1. The summed E-state index contributed by atoms with van der Waals surface area (Å²) in [6.45, 7) is 0. The van der Waals surface area contributed by atoms with E-state index in [1.165, 1.54) is 11.7 Å². The van der Waals surface area contributed by atoms with Crippen LogP contribution in [0, 0.1) is 11.9 Å². The van der Waals surface area contributed by atoms with Gasteiger partial charge in [0.1, 0.15) is 17.7 Å². The summed E-state index contributed by atoms with van der Waals surface area (Å²) in [7, 11) is 1.24. The van der Waals surface area contributed by atoms with Crippen LogP contribution >= 0.6 is 0 Å². The van der Waals surface area contributed by atoms with Crippen molar-refractivity contribution < 1.29 is 23.4 Å². The van der Waals surface area contributed by atoms with E-state index in [9.17, 15) is 23.5 Å². The number of alkyl halides is 1. The number of methoxy groups -OCH3 is 1. The fourth-order valence-electron chi connectivity index (χ4n) is 2.42. The highest BCUT2D eigenvalue weighted by molar-refractivity contribution is 5.93. The normalized spacial score (nSPS) is 20.5. The Hall–Kier alpha value is -2.44. The van der Waals surface area contributed by atoms with Gasteiger partial charge >= 0.3 is 5.97 Å². The van der Waals surface area contributed by atoms with Crippen molar-refractivity contribution in [1.82, 2.24) is 4.57 Å². The van der Waals surface area contributed by atoms with Crippen molar-refractivity contribution in [3.8, 4) is 5.75 Å². The van der Waals surface area contributed by atoms with Crippen LogP contribution < -0.4 is 10.2 Å². The van der Waals surface area contributed by atoms with Crippen LogP contribution in [0.2, 0.25) is 0 Å². The lowest BCUT2D eigenvalue weighted by Gasteiger charge is -2.16. The molecule has 1 aromatic carbocycles. The predicted molar refractivity (Wildman–Crippen MR) is 69.1 cm³/mol. The monoisotopic (exact) mass is 294 g/mol. The third-order valence-electron chi connectivity index (χ3n) is 3.44. The van der Waals surface area contributed by atoms with Crippen LogP contribution in [-0.2, 0) is 0 Å². The molecule has 1 radical (unpaired) electrons. The van der Waals surface area contributed by atoms with Crippen molar-refractivity contribution in [2.45, 2.75) is 18.6 Å². The van der Waals surface area contributed by atoms with Gasteiger partial charge in [-0.3, -0.25) is 4.79 Å². The minimum absolute atomic E-state index is 0.0500. The van der Waals surface area contributed by atoms with Gasteiger partial charge in [0.15, 0.2) is 11.2 Å². The Morgan fingerprint density at radius 3 is 2.71 bits per heavy atom. The average Bonchev–Trinajstić information content (AvgIpc) is 3.14. The molecule has 0 saturated heterocycles. The Morgan fingerprint density at radius 2 is 2.19 bits per heavy atom. The van der Waals surface area contributed by atoms with Gasteiger partial charge < -0.3 is 14.4 Å². The van der Waals surface area contributed by atoms with Gasteiger partial charge in [-0.05, 0) is 6.07 Å². The first-order valence-electron chi connectivity index (χ1n) is 6.16. The molecule has 21 heavy (non-hydrogen) atoms. The van der Waals surface area contributed by atoms with Crippen molar-refractivity contribution in [2.75, 3.05) is 7.11 Å². The molecule has 1 N–H and O–H groups in total. The standard InChI is InChI=1S/C14H10F2NO4/c1-21-12-3-6(15)2-7-11(18)5-10(14(19)20)17(13(7)12)9-4-8(9)16/h2,5,8-9H,4H2,1H3,(H,19,20)/t8-,9-/m1/s1. The van der Waals surface area contributed by atoms with Crippen LogP contribution in [0.4, 0.5) is 8.78 Å². The van der Waals surface area contributed by atoms with Crippen LogP contribution in [0.25, 0.3) is 10.9 Å². The van der Waals surface area contributed by atoms with Gasteiger partial charge in [0, 0.05) is 12.5 Å². The molecule has 2 atom stereocenters. The van der Waals surface area contributed by atoms with E-state index in [4.69, 9.17) is 4.74 Å². The molecule has 0 unspecified atom stereocenters. The van der Waals surface area contributed by atoms with Crippen molar-refractivity contribution in [3.05, 3.63) is 39.9 Å². The minimum Gasteiger partial charge on any atom is -0.494 e. The molecule has 0 amide bonds. The Bertz CT molecular complexity index is 815. The fraction of sp³-hybridized carbons (Fsp3) is 0.286. The van der Waals surface area contributed by atoms with Crippen molar-refractivity contribution >= 4 is 16.9 Å². The van der Waals surface area contributed by atoms with E-state index in [0.29, 0.717) is 0 Å². The summed E-state index contributed by atoms with van der Waals surface area (Å²) in [6, 6.07) is 3.38. The molecule has 3 rings (SSSR count). The van der Waals surface area contributed by atoms with E-state index < -0.39 is 29.4 Å². The number of rotatable bonds is 3. The van der Waals surface area contributed by atoms with Gasteiger partial charge in [0.05, 0.1) is 30.1 Å². The highest BCUT2D eigenvalue weighted by Crippen LogP contribution is 2.43. The van der Waals surface area contributed by atoms with Gasteiger partial charge in [-0.25, -0.2) is 13.6 Å². The SMILES string of the molecule is COc1[c]c(F)cc2c(=O)cc(C(=O)O)n([C@@H]3C[C@H]3F)c12. The molecule has 1 aliphatic carbocycles.